The highest BCUT2D eigenvalue weighted by Crippen LogP contribution is 2.37. The third kappa shape index (κ3) is 6.11. The summed E-state index contributed by atoms with van der Waals surface area (Å²) in [6.45, 7) is 0.0545. The SMILES string of the molecule is O=C(CCN1C(=O)/C(=C/c2cc(-c3cc(Cl)ccc3Cl)cs2)SC1=S)Nc1cc(C(=O)O)ccc1-n1cncn1. The number of benzene rings is 2. The minimum atomic E-state index is -1.14. The first kappa shape index (κ1) is 28.0. The Labute approximate surface area is 251 Å². The number of halogens is 2. The van der Waals surface area contributed by atoms with E-state index in [9.17, 15) is 19.5 Å². The van der Waals surface area contributed by atoms with Crippen LogP contribution in [0.1, 0.15) is 21.7 Å². The summed E-state index contributed by atoms with van der Waals surface area (Å²) in [4.78, 5) is 43.9. The molecule has 0 bridgehead atoms. The molecule has 1 aliphatic rings. The summed E-state index contributed by atoms with van der Waals surface area (Å²) in [6.07, 6.45) is 4.44. The third-order valence-corrected chi connectivity index (χ3v) is 8.57. The number of nitrogens with zero attached hydrogens (tertiary/aromatic N) is 4. The molecule has 202 valence electrons. The van der Waals surface area contributed by atoms with E-state index in [-0.39, 0.29) is 30.1 Å². The van der Waals surface area contributed by atoms with Gasteiger partial charge in [0.2, 0.25) is 5.91 Å². The van der Waals surface area contributed by atoms with E-state index >= 15 is 0 Å². The molecule has 2 N–H and O–H groups in total. The van der Waals surface area contributed by atoms with Crippen LogP contribution in [0, 0.1) is 0 Å². The number of carbonyl (C=O) groups is 3. The molecule has 1 saturated heterocycles. The van der Waals surface area contributed by atoms with Gasteiger partial charge < -0.3 is 10.4 Å². The van der Waals surface area contributed by atoms with E-state index in [1.54, 1.807) is 24.3 Å². The summed E-state index contributed by atoms with van der Waals surface area (Å²) in [5.74, 6) is -1.86. The Hall–Kier alpha value is -3.55. The summed E-state index contributed by atoms with van der Waals surface area (Å²) in [7, 11) is 0. The number of amides is 2. The van der Waals surface area contributed by atoms with Crippen LogP contribution in [0.4, 0.5) is 5.69 Å². The molecule has 3 heterocycles. The van der Waals surface area contributed by atoms with Crippen LogP contribution in [-0.2, 0) is 9.59 Å². The van der Waals surface area contributed by atoms with Gasteiger partial charge in [-0.3, -0.25) is 14.5 Å². The first-order valence-electron chi connectivity index (χ1n) is 11.5. The molecule has 0 spiro atoms. The number of thioether (sulfide) groups is 1. The maximum absolute atomic E-state index is 13.1. The van der Waals surface area contributed by atoms with Crippen molar-refractivity contribution in [2.75, 3.05) is 11.9 Å². The minimum Gasteiger partial charge on any atom is -0.478 e. The van der Waals surface area contributed by atoms with Crippen molar-refractivity contribution in [3.8, 4) is 16.8 Å². The fourth-order valence-corrected chi connectivity index (χ4v) is 6.45. The molecule has 0 aliphatic carbocycles. The second kappa shape index (κ2) is 11.9. The van der Waals surface area contributed by atoms with Crippen molar-refractivity contribution in [1.29, 1.82) is 0 Å². The molecule has 1 fully saturated rings. The van der Waals surface area contributed by atoms with Crippen molar-refractivity contribution in [2.45, 2.75) is 6.42 Å². The highest BCUT2D eigenvalue weighted by molar-refractivity contribution is 8.26. The van der Waals surface area contributed by atoms with Gasteiger partial charge in [-0.15, -0.1) is 11.3 Å². The number of rotatable bonds is 8. The van der Waals surface area contributed by atoms with E-state index in [0.29, 0.717) is 25.0 Å². The monoisotopic (exact) mass is 629 g/mol. The predicted molar refractivity (Wildman–Crippen MR) is 161 cm³/mol. The maximum atomic E-state index is 13.1. The van der Waals surface area contributed by atoms with Crippen molar-refractivity contribution in [2.24, 2.45) is 0 Å². The lowest BCUT2D eigenvalue weighted by Gasteiger charge is -2.15. The molecule has 9 nitrogen and oxygen atoms in total. The van der Waals surface area contributed by atoms with E-state index in [0.717, 1.165) is 27.8 Å². The summed E-state index contributed by atoms with van der Waals surface area (Å²) in [5.41, 5.74) is 2.36. The van der Waals surface area contributed by atoms with E-state index < -0.39 is 11.9 Å². The summed E-state index contributed by atoms with van der Waals surface area (Å²) >= 11 is 20.5. The van der Waals surface area contributed by atoms with Gasteiger partial charge in [0.05, 0.1) is 21.8 Å². The molecular formula is C26H17Cl2N5O4S3. The number of carboxylic acids is 1. The Morgan fingerprint density at radius 3 is 2.73 bits per heavy atom. The van der Waals surface area contributed by atoms with E-state index in [4.69, 9.17) is 35.4 Å². The third-order valence-electron chi connectivity index (χ3n) is 5.75. The van der Waals surface area contributed by atoms with Crippen LogP contribution in [0.3, 0.4) is 0 Å². The first-order valence-corrected chi connectivity index (χ1v) is 14.4. The lowest BCUT2D eigenvalue weighted by molar-refractivity contribution is -0.122. The van der Waals surface area contributed by atoms with Crippen molar-refractivity contribution < 1.29 is 19.5 Å². The van der Waals surface area contributed by atoms with Crippen LogP contribution >= 0.6 is 58.5 Å². The normalized spacial score (nSPS) is 14.2. The topological polar surface area (TPSA) is 117 Å². The van der Waals surface area contributed by atoms with Crippen LogP contribution in [0.25, 0.3) is 22.9 Å². The van der Waals surface area contributed by atoms with Crippen molar-refractivity contribution in [1.82, 2.24) is 19.7 Å². The summed E-state index contributed by atoms with van der Waals surface area (Å²) in [5, 5.41) is 19.2. The second-order valence-electron chi connectivity index (χ2n) is 8.37. The van der Waals surface area contributed by atoms with Crippen LogP contribution in [0.15, 0.2) is 65.4 Å². The molecule has 1 aliphatic heterocycles. The molecule has 5 rings (SSSR count). The van der Waals surface area contributed by atoms with Crippen LogP contribution in [0.5, 0.6) is 0 Å². The molecule has 4 aromatic rings. The molecule has 0 saturated carbocycles. The molecule has 0 atom stereocenters. The molecular weight excluding hydrogens is 613 g/mol. The summed E-state index contributed by atoms with van der Waals surface area (Å²) in [6, 6.07) is 11.4. The number of anilines is 1. The minimum absolute atomic E-state index is 0.00406. The fraction of sp³-hybridized carbons (Fsp3) is 0.0769. The molecule has 14 heteroatoms. The van der Waals surface area contributed by atoms with E-state index in [1.807, 2.05) is 11.4 Å². The molecule has 2 amide bonds. The average Bonchev–Trinajstić information content (AvgIpc) is 3.67. The standard InChI is InChI=1S/C26H17Cl2N5O4S3/c27-16-2-3-19(28)18(9-16)15-7-17(39-11-15)10-22-24(35)32(26(38)40-22)6-5-23(34)31-20-8-14(25(36)37)1-4-21(20)33-13-29-12-30-33/h1-4,7-13H,5-6H2,(H,31,34)(H,36,37)/b22-10-. The number of aromatic carboxylic acids is 1. The zero-order chi connectivity index (χ0) is 28.4. The Kier molecular flexibility index (Phi) is 8.33. The molecule has 40 heavy (non-hydrogen) atoms. The number of thiocarbonyl (C=S) groups is 1. The Bertz CT molecular complexity index is 1690. The number of hydrogen-bond donors (Lipinski definition) is 2. The van der Waals surface area contributed by atoms with Gasteiger partial charge in [0.25, 0.3) is 5.91 Å². The number of hydrogen-bond acceptors (Lipinski definition) is 8. The molecule has 2 aromatic heterocycles. The maximum Gasteiger partial charge on any atom is 0.335 e. The van der Waals surface area contributed by atoms with E-state index in [1.165, 1.54) is 51.8 Å². The van der Waals surface area contributed by atoms with Gasteiger partial charge in [0.1, 0.15) is 17.0 Å². The van der Waals surface area contributed by atoms with Gasteiger partial charge >= 0.3 is 5.97 Å². The number of aromatic nitrogens is 3. The summed E-state index contributed by atoms with van der Waals surface area (Å²) < 4.78 is 1.75. The average molecular weight is 631 g/mol. The fourth-order valence-electron chi connectivity index (χ4n) is 3.84. The lowest BCUT2D eigenvalue weighted by Crippen LogP contribution is -2.31. The highest BCUT2D eigenvalue weighted by atomic mass is 35.5. The number of nitrogens with one attached hydrogen (secondary N) is 1. The molecule has 0 radical (unpaired) electrons. The van der Waals surface area contributed by atoms with Crippen molar-refractivity contribution in [3.63, 3.8) is 0 Å². The van der Waals surface area contributed by atoms with Gasteiger partial charge in [-0.1, -0.05) is 47.2 Å². The Balaban J connectivity index is 1.26. The molecule has 0 unspecified atom stereocenters. The second-order valence-corrected chi connectivity index (χ2v) is 11.8. The van der Waals surface area contributed by atoms with Gasteiger partial charge in [0, 0.05) is 33.5 Å². The van der Waals surface area contributed by atoms with Crippen molar-refractivity contribution in [3.05, 3.63) is 85.9 Å². The smallest absolute Gasteiger partial charge is 0.335 e. The Morgan fingerprint density at radius 2 is 1.98 bits per heavy atom. The van der Waals surface area contributed by atoms with E-state index in [2.05, 4.69) is 15.4 Å². The highest BCUT2D eigenvalue weighted by Gasteiger charge is 2.32. The van der Waals surface area contributed by atoms with Crippen molar-refractivity contribution >= 4 is 92.4 Å². The largest absolute Gasteiger partial charge is 0.478 e. The first-order chi connectivity index (χ1) is 19.2. The molecule has 2 aromatic carbocycles. The zero-order valence-electron chi connectivity index (χ0n) is 20.2. The van der Waals surface area contributed by atoms with Gasteiger partial charge in [0.15, 0.2) is 0 Å². The van der Waals surface area contributed by atoms with Crippen LogP contribution in [0.2, 0.25) is 10.0 Å². The quantitative estimate of drug-likeness (QED) is 0.174. The number of carboxylic acid groups (broad SMARTS) is 1. The Morgan fingerprint density at radius 1 is 1.15 bits per heavy atom. The zero-order valence-corrected chi connectivity index (χ0v) is 24.2. The number of thiophene rings is 1. The predicted octanol–water partition coefficient (Wildman–Crippen LogP) is 6.23. The van der Waals surface area contributed by atoms with Gasteiger partial charge in [-0.2, -0.15) is 5.10 Å². The van der Waals surface area contributed by atoms with Crippen LogP contribution in [-0.4, -0.2) is 53.4 Å². The number of carbonyl (C=O) groups excluding carboxylic acids is 2. The van der Waals surface area contributed by atoms with Crippen LogP contribution < -0.4 is 5.32 Å². The lowest BCUT2D eigenvalue weighted by atomic mass is 10.1. The van der Waals surface area contributed by atoms with Gasteiger partial charge in [-0.25, -0.2) is 14.5 Å². The van der Waals surface area contributed by atoms with Gasteiger partial charge in [-0.05, 0) is 59.5 Å².